The van der Waals surface area contributed by atoms with Crippen LogP contribution in [-0.2, 0) is 0 Å². The van der Waals surface area contributed by atoms with Crippen LogP contribution in [0.15, 0.2) is 30.6 Å². The summed E-state index contributed by atoms with van der Waals surface area (Å²) in [6.07, 6.45) is 5.51. The molecule has 0 bridgehead atoms. The molecule has 1 unspecified atom stereocenters. The number of anilines is 1. The highest BCUT2D eigenvalue weighted by molar-refractivity contribution is 5.82. The normalized spacial score (nSPS) is 19.9. The van der Waals surface area contributed by atoms with E-state index in [0.717, 1.165) is 29.0 Å². The molecule has 4 rings (SSSR count). The molecule has 0 radical (unpaired) electrons. The van der Waals surface area contributed by atoms with Gasteiger partial charge in [-0.25, -0.2) is 4.98 Å². The number of fused-ring (bicyclic) bond motifs is 3. The molecule has 102 valence electrons. The van der Waals surface area contributed by atoms with E-state index < -0.39 is 0 Å². The third kappa shape index (κ3) is 1.66. The molecule has 0 saturated carbocycles. The Morgan fingerprint density at radius 1 is 1.20 bits per heavy atom. The topological polar surface area (TPSA) is 46.3 Å². The van der Waals surface area contributed by atoms with Gasteiger partial charge in [0, 0.05) is 12.6 Å². The van der Waals surface area contributed by atoms with Crippen LogP contribution in [0.5, 0.6) is 0 Å². The van der Waals surface area contributed by atoms with Crippen LogP contribution in [0, 0.1) is 0 Å². The fourth-order valence-electron chi connectivity index (χ4n) is 3.10. The predicted molar refractivity (Wildman–Crippen MR) is 78.9 cm³/mol. The van der Waals surface area contributed by atoms with Crippen LogP contribution >= 0.6 is 0 Å². The fraction of sp³-hybridized carbons (Fsp3) is 0.400. The Labute approximate surface area is 117 Å². The zero-order chi connectivity index (χ0) is 13.5. The third-order valence-electron chi connectivity index (χ3n) is 4.19. The van der Waals surface area contributed by atoms with Gasteiger partial charge in [0.1, 0.15) is 6.33 Å². The second kappa shape index (κ2) is 4.44. The molecule has 1 aromatic carbocycles. The number of hydrogen-bond donors (Lipinski definition) is 0. The SMILES string of the molecule is CC1CCCCN1c1nc2ccccc2n2cnnc12. The Hall–Kier alpha value is -2.17. The maximum atomic E-state index is 4.85. The first-order chi connectivity index (χ1) is 9.84. The summed E-state index contributed by atoms with van der Waals surface area (Å²) in [5, 5.41) is 8.37. The van der Waals surface area contributed by atoms with E-state index in [2.05, 4.69) is 28.1 Å². The summed E-state index contributed by atoms with van der Waals surface area (Å²) in [5.74, 6) is 0.966. The summed E-state index contributed by atoms with van der Waals surface area (Å²) < 4.78 is 2.04. The molecular formula is C15H17N5. The number of para-hydroxylation sites is 2. The van der Waals surface area contributed by atoms with Crippen LogP contribution in [0.4, 0.5) is 5.82 Å². The molecule has 1 fully saturated rings. The first-order valence-electron chi connectivity index (χ1n) is 7.20. The quantitative estimate of drug-likeness (QED) is 0.680. The first kappa shape index (κ1) is 11.6. The average molecular weight is 267 g/mol. The van der Waals surface area contributed by atoms with Gasteiger partial charge in [0.25, 0.3) is 0 Å². The molecule has 0 spiro atoms. The lowest BCUT2D eigenvalue weighted by molar-refractivity contribution is 0.482. The number of aromatic nitrogens is 4. The van der Waals surface area contributed by atoms with Crippen molar-refractivity contribution < 1.29 is 0 Å². The van der Waals surface area contributed by atoms with Gasteiger partial charge in [0.05, 0.1) is 11.0 Å². The van der Waals surface area contributed by atoms with Crippen molar-refractivity contribution in [3.05, 3.63) is 30.6 Å². The zero-order valence-corrected chi connectivity index (χ0v) is 11.5. The Morgan fingerprint density at radius 2 is 2.10 bits per heavy atom. The van der Waals surface area contributed by atoms with Crippen LogP contribution in [0.25, 0.3) is 16.7 Å². The highest BCUT2D eigenvalue weighted by atomic mass is 15.3. The Kier molecular flexibility index (Phi) is 2.58. The molecule has 0 N–H and O–H groups in total. The molecule has 1 aliphatic heterocycles. The highest BCUT2D eigenvalue weighted by Crippen LogP contribution is 2.28. The maximum Gasteiger partial charge on any atom is 0.204 e. The molecule has 0 aliphatic carbocycles. The van der Waals surface area contributed by atoms with Crippen LogP contribution in [0.3, 0.4) is 0 Å². The number of piperidine rings is 1. The van der Waals surface area contributed by atoms with Crippen molar-refractivity contribution >= 4 is 22.5 Å². The number of rotatable bonds is 1. The second-order valence-corrected chi connectivity index (χ2v) is 5.49. The van der Waals surface area contributed by atoms with Crippen molar-refractivity contribution in [1.82, 2.24) is 19.6 Å². The molecule has 0 amide bonds. The summed E-state index contributed by atoms with van der Waals surface area (Å²) in [6, 6.07) is 8.66. The molecular weight excluding hydrogens is 250 g/mol. The minimum Gasteiger partial charge on any atom is -0.351 e. The van der Waals surface area contributed by atoms with Crippen molar-refractivity contribution in [3.63, 3.8) is 0 Å². The number of hydrogen-bond acceptors (Lipinski definition) is 4. The monoisotopic (exact) mass is 267 g/mol. The van der Waals surface area contributed by atoms with E-state index in [4.69, 9.17) is 4.98 Å². The molecule has 5 heteroatoms. The Balaban J connectivity index is 1.99. The lowest BCUT2D eigenvalue weighted by Gasteiger charge is -2.34. The smallest absolute Gasteiger partial charge is 0.204 e. The largest absolute Gasteiger partial charge is 0.351 e. The lowest BCUT2D eigenvalue weighted by Crippen LogP contribution is -2.38. The summed E-state index contributed by atoms with van der Waals surface area (Å²) in [7, 11) is 0. The van der Waals surface area contributed by atoms with Crippen molar-refractivity contribution in [2.24, 2.45) is 0 Å². The second-order valence-electron chi connectivity index (χ2n) is 5.49. The Bertz CT molecular complexity index is 763. The van der Waals surface area contributed by atoms with Gasteiger partial charge in [-0.3, -0.25) is 4.40 Å². The van der Waals surface area contributed by atoms with Crippen LogP contribution in [-0.4, -0.2) is 32.2 Å². The first-order valence-corrected chi connectivity index (χ1v) is 7.20. The van der Waals surface area contributed by atoms with Crippen LogP contribution < -0.4 is 4.90 Å². The molecule has 1 saturated heterocycles. The molecule has 2 aromatic heterocycles. The lowest BCUT2D eigenvalue weighted by atomic mass is 10.0. The summed E-state index contributed by atoms with van der Waals surface area (Å²) in [4.78, 5) is 7.23. The van der Waals surface area contributed by atoms with Crippen molar-refractivity contribution in [2.75, 3.05) is 11.4 Å². The van der Waals surface area contributed by atoms with E-state index in [9.17, 15) is 0 Å². The summed E-state index contributed by atoms with van der Waals surface area (Å²) in [5.41, 5.74) is 2.91. The minimum atomic E-state index is 0.512. The van der Waals surface area contributed by atoms with E-state index in [1.807, 2.05) is 22.6 Å². The fourth-order valence-corrected chi connectivity index (χ4v) is 3.10. The molecule has 3 heterocycles. The predicted octanol–water partition coefficient (Wildman–Crippen LogP) is 2.66. The van der Waals surface area contributed by atoms with E-state index in [1.165, 1.54) is 19.3 Å². The van der Waals surface area contributed by atoms with Crippen LogP contribution in [0.2, 0.25) is 0 Å². The van der Waals surface area contributed by atoms with Gasteiger partial charge >= 0.3 is 0 Å². The van der Waals surface area contributed by atoms with Gasteiger partial charge in [-0.05, 0) is 38.3 Å². The summed E-state index contributed by atoms with van der Waals surface area (Å²) >= 11 is 0. The molecule has 1 atom stereocenters. The van der Waals surface area contributed by atoms with Gasteiger partial charge in [-0.15, -0.1) is 10.2 Å². The van der Waals surface area contributed by atoms with Crippen molar-refractivity contribution in [2.45, 2.75) is 32.2 Å². The number of nitrogens with zero attached hydrogens (tertiary/aromatic N) is 5. The minimum absolute atomic E-state index is 0.512. The van der Waals surface area contributed by atoms with Gasteiger partial charge in [-0.1, -0.05) is 12.1 Å². The average Bonchev–Trinajstić information content (AvgIpc) is 2.97. The van der Waals surface area contributed by atoms with E-state index in [0.29, 0.717) is 6.04 Å². The zero-order valence-electron chi connectivity index (χ0n) is 11.5. The maximum absolute atomic E-state index is 4.85. The van der Waals surface area contributed by atoms with E-state index in [-0.39, 0.29) is 0 Å². The van der Waals surface area contributed by atoms with Gasteiger partial charge in [0.15, 0.2) is 5.82 Å². The van der Waals surface area contributed by atoms with Gasteiger partial charge in [0.2, 0.25) is 5.65 Å². The molecule has 3 aromatic rings. The van der Waals surface area contributed by atoms with Gasteiger partial charge in [-0.2, -0.15) is 0 Å². The van der Waals surface area contributed by atoms with Crippen molar-refractivity contribution in [1.29, 1.82) is 0 Å². The summed E-state index contributed by atoms with van der Waals surface area (Å²) in [6.45, 7) is 3.32. The molecule has 5 nitrogen and oxygen atoms in total. The van der Waals surface area contributed by atoms with Crippen LogP contribution in [0.1, 0.15) is 26.2 Å². The Morgan fingerprint density at radius 3 is 3.00 bits per heavy atom. The van der Waals surface area contributed by atoms with E-state index in [1.54, 1.807) is 6.33 Å². The van der Waals surface area contributed by atoms with Gasteiger partial charge < -0.3 is 4.90 Å². The standard InChI is InChI=1S/C15H17N5/c1-11-6-4-5-9-19(11)14-15-18-16-10-20(15)13-8-3-2-7-12(13)17-14/h2-3,7-8,10-11H,4-6,9H2,1H3. The van der Waals surface area contributed by atoms with E-state index >= 15 is 0 Å². The number of benzene rings is 1. The molecule has 20 heavy (non-hydrogen) atoms. The molecule has 1 aliphatic rings. The van der Waals surface area contributed by atoms with Crippen molar-refractivity contribution in [3.8, 4) is 0 Å². The highest BCUT2D eigenvalue weighted by Gasteiger charge is 2.23. The third-order valence-corrected chi connectivity index (χ3v) is 4.19.